The number of nitro benzene ring substituents is 1. The van der Waals surface area contributed by atoms with E-state index in [2.05, 4.69) is 0 Å². The van der Waals surface area contributed by atoms with E-state index in [-0.39, 0.29) is 12.3 Å². The van der Waals surface area contributed by atoms with E-state index < -0.39 is 13.7 Å². The Kier molecular flexibility index (Phi) is 10.3. The summed E-state index contributed by atoms with van der Waals surface area (Å²) >= 11 is 0. The van der Waals surface area contributed by atoms with E-state index in [1.54, 1.807) is 27.4 Å². The summed E-state index contributed by atoms with van der Waals surface area (Å²) in [4.78, 5) is 10.9. The summed E-state index contributed by atoms with van der Waals surface area (Å²) in [5.41, 5.74) is 0.388. The van der Waals surface area contributed by atoms with Crippen LogP contribution in [0, 0.1) is 10.1 Å². The number of benzene rings is 1. The van der Waals surface area contributed by atoms with Crippen LogP contribution in [0.3, 0.4) is 0 Å². The fourth-order valence-corrected chi connectivity index (χ4v) is 4.38. The third-order valence-electron chi connectivity index (χ3n) is 4.07. The zero-order valence-corrected chi connectivity index (χ0v) is 17.6. The normalized spacial score (nSPS) is 11.4. The van der Waals surface area contributed by atoms with Gasteiger partial charge in [0.25, 0.3) is 5.69 Å². The fraction of sp³-hybridized carbons (Fsp3) is 0.647. The van der Waals surface area contributed by atoms with Crippen LogP contribution in [0.5, 0.6) is 11.5 Å². The molecule has 0 amide bonds. The zero-order chi connectivity index (χ0) is 20.3. The van der Waals surface area contributed by atoms with Crippen LogP contribution in [0.15, 0.2) is 12.1 Å². The average Bonchev–Trinajstić information content (AvgIpc) is 2.68. The maximum absolute atomic E-state index is 11.3. The number of methoxy groups -OCH3 is 1. The molecule has 0 radical (unpaired) electrons. The Bertz CT molecular complexity index is 586. The molecule has 1 aromatic rings. The number of hydrogen-bond donors (Lipinski definition) is 0. The fourth-order valence-electron chi connectivity index (χ4n) is 2.59. The summed E-state index contributed by atoms with van der Waals surface area (Å²) in [5.74, 6) is 0.785. The Balaban J connectivity index is 2.63. The van der Waals surface area contributed by atoms with Crippen LogP contribution in [0.25, 0.3) is 0 Å². The number of hydrogen-bond acceptors (Lipinski definition) is 8. The monoisotopic (exact) mass is 403 g/mol. The molecule has 0 bridgehead atoms. The molecule has 0 aliphatic heterocycles. The Labute approximate surface area is 161 Å². The molecule has 0 fully saturated rings. The van der Waals surface area contributed by atoms with Crippen molar-refractivity contribution < 1.29 is 32.4 Å². The van der Waals surface area contributed by atoms with Crippen molar-refractivity contribution in [2.45, 2.75) is 32.4 Å². The second kappa shape index (κ2) is 11.9. The molecule has 9 nitrogen and oxygen atoms in total. The van der Waals surface area contributed by atoms with Crippen LogP contribution in [0.4, 0.5) is 5.69 Å². The third-order valence-corrected chi connectivity index (χ3v) is 6.91. The van der Waals surface area contributed by atoms with Gasteiger partial charge in [0.2, 0.25) is 0 Å². The van der Waals surface area contributed by atoms with Gasteiger partial charge in [-0.3, -0.25) is 10.1 Å². The van der Waals surface area contributed by atoms with Gasteiger partial charge in [-0.05, 0) is 25.8 Å². The highest BCUT2D eigenvalue weighted by Crippen LogP contribution is 2.35. The number of nitrogens with zero attached hydrogens (tertiary/aromatic N) is 1. The molecule has 1 aromatic carbocycles. The van der Waals surface area contributed by atoms with Crippen molar-refractivity contribution in [2.24, 2.45) is 0 Å². The second-order valence-corrected chi connectivity index (χ2v) is 8.72. The smallest absolute Gasteiger partial charge is 0.493 e. The summed E-state index contributed by atoms with van der Waals surface area (Å²) in [6, 6.07) is 3.63. The van der Waals surface area contributed by atoms with Gasteiger partial charge in [-0.2, -0.15) is 0 Å². The van der Waals surface area contributed by atoms with Crippen LogP contribution >= 0.6 is 0 Å². The largest absolute Gasteiger partial charge is 0.500 e. The van der Waals surface area contributed by atoms with Crippen LogP contribution < -0.4 is 9.47 Å². The first-order valence-electron chi connectivity index (χ1n) is 8.68. The minimum absolute atomic E-state index is 0.0557. The third kappa shape index (κ3) is 6.74. The topological polar surface area (TPSA) is 98.5 Å². The SMILES string of the molecule is CCOc1cc(COCCCC[Si](OC)(OC)OC)c([N+](=O)[O-])cc1OC. The predicted molar refractivity (Wildman–Crippen MR) is 101 cm³/mol. The van der Waals surface area contributed by atoms with Gasteiger partial charge in [-0.1, -0.05) is 0 Å². The van der Waals surface area contributed by atoms with Gasteiger partial charge in [-0.15, -0.1) is 0 Å². The summed E-state index contributed by atoms with van der Waals surface area (Å²) in [7, 11) is 3.61. The first kappa shape index (κ1) is 23.3. The van der Waals surface area contributed by atoms with Gasteiger partial charge < -0.3 is 27.5 Å². The van der Waals surface area contributed by atoms with Crippen LogP contribution in [0.2, 0.25) is 6.04 Å². The lowest BCUT2D eigenvalue weighted by Crippen LogP contribution is -2.42. The molecular formula is C17H29NO8Si. The van der Waals surface area contributed by atoms with Crippen molar-refractivity contribution in [1.82, 2.24) is 0 Å². The lowest BCUT2D eigenvalue weighted by atomic mass is 10.1. The van der Waals surface area contributed by atoms with E-state index in [9.17, 15) is 10.1 Å². The highest BCUT2D eigenvalue weighted by Gasteiger charge is 2.36. The lowest BCUT2D eigenvalue weighted by Gasteiger charge is -2.24. The summed E-state index contributed by atoms with van der Waals surface area (Å²) < 4.78 is 32.4. The molecular weight excluding hydrogens is 374 g/mol. The van der Waals surface area contributed by atoms with Gasteiger partial charge >= 0.3 is 8.80 Å². The molecule has 0 atom stereocenters. The maximum atomic E-state index is 11.3. The Morgan fingerprint density at radius 3 is 2.22 bits per heavy atom. The van der Waals surface area contributed by atoms with Crippen molar-refractivity contribution in [3.63, 3.8) is 0 Å². The zero-order valence-electron chi connectivity index (χ0n) is 16.6. The maximum Gasteiger partial charge on any atom is 0.500 e. The average molecular weight is 404 g/mol. The molecule has 0 aliphatic rings. The minimum atomic E-state index is -2.57. The predicted octanol–water partition coefficient (Wildman–Crippen LogP) is 3.18. The van der Waals surface area contributed by atoms with Gasteiger partial charge in [0.15, 0.2) is 11.5 Å². The van der Waals surface area contributed by atoms with E-state index >= 15 is 0 Å². The summed E-state index contributed by atoms with van der Waals surface area (Å²) in [6.45, 7) is 2.83. The number of ether oxygens (including phenoxy) is 3. The van der Waals surface area contributed by atoms with Crippen LogP contribution in [-0.4, -0.2) is 55.4 Å². The summed E-state index contributed by atoms with van der Waals surface area (Å²) in [6.07, 6.45) is 1.56. The van der Waals surface area contributed by atoms with Crippen molar-refractivity contribution in [3.8, 4) is 11.5 Å². The quantitative estimate of drug-likeness (QED) is 0.202. The molecule has 0 aromatic heterocycles. The molecule has 0 unspecified atom stereocenters. The van der Waals surface area contributed by atoms with E-state index in [0.29, 0.717) is 36.3 Å². The van der Waals surface area contributed by atoms with E-state index in [0.717, 1.165) is 12.8 Å². The number of rotatable bonds is 14. The standard InChI is InChI=1S/C17H29NO8Si/c1-6-26-17-11-14(15(18(19)20)12-16(17)21-2)13-25-9-7-8-10-27(22-3,23-4)24-5/h11-12H,6-10,13H2,1-5H3. The van der Waals surface area contributed by atoms with Gasteiger partial charge in [-0.25, -0.2) is 0 Å². The second-order valence-electron chi connectivity index (χ2n) is 5.63. The summed E-state index contributed by atoms with van der Waals surface area (Å²) in [5, 5.41) is 11.3. The minimum Gasteiger partial charge on any atom is -0.493 e. The number of nitro groups is 1. The number of unbranched alkanes of at least 4 members (excludes halogenated alkanes) is 1. The molecule has 10 heteroatoms. The Morgan fingerprint density at radius 2 is 1.70 bits per heavy atom. The molecule has 0 saturated heterocycles. The Hall–Kier alpha value is -1.72. The molecule has 0 spiro atoms. The Morgan fingerprint density at radius 1 is 1.04 bits per heavy atom. The van der Waals surface area contributed by atoms with E-state index in [1.807, 2.05) is 6.92 Å². The van der Waals surface area contributed by atoms with E-state index in [1.165, 1.54) is 13.2 Å². The molecule has 0 N–H and O–H groups in total. The van der Waals surface area contributed by atoms with Crippen molar-refractivity contribution >= 4 is 14.5 Å². The van der Waals surface area contributed by atoms with Crippen LogP contribution in [0.1, 0.15) is 25.3 Å². The molecule has 0 saturated carbocycles. The molecule has 154 valence electrons. The van der Waals surface area contributed by atoms with Gasteiger partial charge in [0.05, 0.1) is 36.9 Å². The van der Waals surface area contributed by atoms with Gasteiger partial charge in [0.1, 0.15) is 0 Å². The molecule has 27 heavy (non-hydrogen) atoms. The molecule has 0 aliphatic carbocycles. The van der Waals surface area contributed by atoms with Crippen molar-refractivity contribution in [3.05, 3.63) is 27.8 Å². The molecule has 1 rings (SSSR count). The lowest BCUT2D eigenvalue weighted by molar-refractivity contribution is -0.386. The van der Waals surface area contributed by atoms with Crippen molar-refractivity contribution in [1.29, 1.82) is 0 Å². The first-order chi connectivity index (χ1) is 13.0. The highest BCUT2D eigenvalue weighted by atomic mass is 28.4. The van der Waals surface area contributed by atoms with Crippen LogP contribution in [-0.2, 0) is 24.6 Å². The highest BCUT2D eigenvalue weighted by molar-refractivity contribution is 6.60. The van der Waals surface area contributed by atoms with Gasteiger partial charge in [0, 0.05) is 34.0 Å². The van der Waals surface area contributed by atoms with Crippen molar-refractivity contribution in [2.75, 3.05) is 41.7 Å². The first-order valence-corrected chi connectivity index (χ1v) is 10.6. The molecule has 0 heterocycles. The van der Waals surface area contributed by atoms with E-state index in [4.69, 9.17) is 27.5 Å².